The molecule has 0 saturated carbocycles. The maximum atomic E-state index is 12.9. The van der Waals surface area contributed by atoms with Gasteiger partial charge in [0.15, 0.2) is 0 Å². The van der Waals surface area contributed by atoms with Crippen molar-refractivity contribution < 1.29 is 24.0 Å². The zero-order valence-electron chi connectivity index (χ0n) is 17.9. The molecule has 0 atom stereocenters. The van der Waals surface area contributed by atoms with E-state index >= 15 is 0 Å². The molecular weight excluding hydrogens is 426 g/mol. The summed E-state index contributed by atoms with van der Waals surface area (Å²) in [6, 6.07) is 14.0. The molecule has 3 aromatic carbocycles. The average Bonchev–Trinajstić information content (AvgIpc) is 2.82. The number of non-ortho nitro benzene ring substituents is 1. The molecule has 0 spiro atoms. The normalized spacial score (nSPS) is 12.7. The second-order valence-corrected chi connectivity index (χ2v) is 7.63. The van der Waals surface area contributed by atoms with Gasteiger partial charge in [0.2, 0.25) is 0 Å². The van der Waals surface area contributed by atoms with E-state index in [9.17, 15) is 24.5 Å². The molecule has 0 aromatic heterocycles. The number of rotatable bonds is 7. The summed E-state index contributed by atoms with van der Waals surface area (Å²) in [7, 11) is 0. The van der Waals surface area contributed by atoms with E-state index < -0.39 is 11.0 Å². The lowest BCUT2D eigenvalue weighted by molar-refractivity contribution is -0.384. The van der Waals surface area contributed by atoms with E-state index in [2.05, 4.69) is 5.32 Å². The van der Waals surface area contributed by atoms with Gasteiger partial charge in [-0.25, -0.2) is 4.79 Å². The van der Waals surface area contributed by atoms with Gasteiger partial charge in [-0.2, -0.15) is 0 Å². The Morgan fingerprint density at radius 2 is 1.73 bits per heavy atom. The monoisotopic (exact) mass is 447 g/mol. The lowest BCUT2D eigenvalue weighted by Gasteiger charge is -2.27. The minimum Gasteiger partial charge on any atom is -0.444 e. The zero-order valence-corrected chi connectivity index (χ0v) is 17.9. The van der Waals surface area contributed by atoms with Gasteiger partial charge in [0.05, 0.1) is 10.6 Å². The zero-order chi connectivity index (χ0) is 23.5. The molecule has 3 amide bonds. The first-order valence-corrected chi connectivity index (χ1v) is 10.5. The SMILES string of the molecule is CCCCN1C(=O)c2cccc3c(NC(=O)OCc4ccc([N+](=O)[O-])cc4)ccc(c23)C1=O. The van der Waals surface area contributed by atoms with Gasteiger partial charge in [-0.3, -0.25) is 29.9 Å². The second kappa shape index (κ2) is 9.07. The largest absolute Gasteiger partial charge is 0.444 e. The van der Waals surface area contributed by atoms with E-state index in [0.29, 0.717) is 39.7 Å². The number of nitrogens with one attached hydrogen (secondary N) is 1. The summed E-state index contributed by atoms with van der Waals surface area (Å²) in [6.45, 7) is 2.28. The van der Waals surface area contributed by atoms with Gasteiger partial charge in [0, 0.05) is 40.6 Å². The number of nitro benzene ring substituents is 1. The third kappa shape index (κ3) is 4.25. The molecule has 0 radical (unpaired) electrons. The Hall–Kier alpha value is -4.27. The van der Waals surface area contributed by atoms with Gasteiger partial charge in [-0.15, -0.1) is 0 Å². The van der Waals surface area contributed by atoms with E-state index in [1.165, 1.54) is 29.2 Å². The Morgan fingerprint density at radius 3 is 2.39 bits per heavy atom. The van der Waals surface area contributed by atoms with Crippen molar-refractivity contribution in [3.63, 3.8) is 0 Å². The highest BCUT2D eigenvalue weighted by Crippen LogP contribution is 2.34. The van der Waals surface area contributed by atoms with Crippen LogP contribution in [0.1, 0.15) is 46.0 Å². The fourth-order valence-electron chi connectivity index (χ4n) is 3.78. The Morgan fingerprint density at radius 1 is 1.03 bits per heavy atom. The van der Waals surface area contributed by atoms with Crippen LogP contribution in [0.3, 0.4) is 0 Å². The van der Waals surface area contributed by atoms with Gasteiger partial charge >= 0.3 is 6.09 Å². The van der Waals surface area contributed by atoms with Crippen LogP contribution in [0.15, 0.2) is 54.6 Å². The lowest BCUT2D eigenvalue weighted by Crippen LogP contribution is -2.40. The van der Waals surface area contributed by atoms with Crippen molar-refractivity contribution in [2.45, 2.75) is 26.4 Å². The molecule has 9 nitrogen and oxygen atoms in total. The number of nitrogens with zero attached hydrogens (tertiary/aromatic N) is 2. The van der Waals surface area contributed by atoms with Crippen molar-refractivity contribution in [1.82, 2.24) is 4.90 Å². The van der Waals surface area contributed by atoms with Gasteiger partial charge in [-0.05, 0) is 42.3 Å². The van der Waals surface area contributed by atoms with E-state index in [-0.39, 0.29) is 24.1 Å². The van der Waals surface area contributed by atoms with Crippen LogP contribution in [0.4, 0.5) is 16.2 Å². The second-order valence-electron chi connectivity index (χ2n) is 7.63. The minimum atomic E-state index is -0.730. The molecule has 168 valence electrons. The number of benzene rings is 3. The molecule has 0 unspecified atom stereocenters. The molecule has 3 aromatic rings. The fourth-order valence-corrected chi connectivity index (χ4v) is 3.78. The first-order valence-electron chi connectivity index (χ1n) is 10.5. The molecular formula is C24H21N3O6. The number of imide groups is 1. The average molecular weight is 447 g/mol. The molecule has 0 saturated heterocycles. The topological polar surface area (TPSA) is 119 Å². The minimum absolute atomic E-state index is 0.0515. The van der Waals surface area contributed by atoms with Crippen molar-refractivity contribution in [3.8, 4) is 0 Å². The van der Waals surface area contributed by atoms with Crippen molar-refractivity contribution >= 4 is 40.1 Å². The van der Waals surface area contributed by atoms with Crippen LogP contribution in [0.25, 0.3) is 10.8 Å². The molecule has 1 aliphatic rings. The molecule has 0 fully saturated rings. The van der Waals surface area contributed by atoms with Crippen LogP contribution in [0.2, 0.25) is 0 Å². The number of ether oxygens (including phenoxy) is 1. The highest BCUT2D eigenvalue weighted by molar-refractivity contribution is 6.27. The smallest absolute Gasteiger partial charge is 0.411 e. The van der Waals surface area contributed by atoms with Gasteiger partial charge in [0.25, 0.3) is 17.5 Å². The third-order valence-corrected chi connectivity index (χ3v) is 5.48. The van der Waals surface area contributed by atoms with Crippen LogP contribution in [-0.2, 0) is 11.3 Å². The number of unbranched alkanes of at least 4 members (excludes halogenated alkanes) is 1. The molecule has 1 aliphatic heterocycles. The molecule has 9 heteroatoms. The Balaban J connectivity index is 1.54. The van der Waals surface area contributed by atoms with Crippen molar-refractivity contribution in [3.05, 3.63) is 81.4 Å². The maximum Gasteiger partial charge on any atom is 0.411 e. The number of carbonyl (C=O) groups excluding carboxylic acids is 3. The first kappa shape index (κ1) is 21.9. The third-order valence-electron chi connectivity index (χ3n) is 5.48. The number of anilines is 1. The Labute approximate surface area is 189 Å². The number of amides is 3. The molecule has 0 bridgehead atoms. The summed E-state index contributed by atoms with van der Waals surface area (Å²) in [6.07, 6.45) is 0.856. The summed E-state index contributed by atoms with van der Waals surface area (Å²) < 4.78 is 5.22. The predicted molar refractivity (Wildman–Crippen MR) is 121 cm³/mol. The fraction of sp³-hybridized carbons (Fsp3) is 0.208. The quantitative estimate of drug-likeness (QED) is 0.313. The lowest BCUT2D eigenvalue weighted by atomic mass is 9.93. The van der Waals surface area contributed by atoms with E-state index in [4.69, 9.17) is 4.74 Å². The van der Waals surface area contributed by atoms with Crippen LogP contribution < -0.4 is 5.32 Å². The summed E-state index contributed by atoms with van der Waals surface area (Å²) in [4.78, 5) is 49.7. The highest BCUT2D eigenvalue weighted by atomic mass is 16.6. The number of nitro groups is 1. The maximum absolute atomic E-state index is 12.9. The predicted octanol–water partition coefficient (Wildman–Crippen LogP) is 4.89. The number of hydrogen-bond donors (Lipinski definition) is 1. The van der Waals surface area contributed by atoms with Crippen LogP contribution in [-0.4, -0.2) is 34.3 Å². The van der Waals surface area contributed by atoms with Crippen LogP contribution in [0.5, 0.6) is 0 Å². The summed E-state index contributed by atoms with van der Waals surface area (Å²) in [5, 5.41) is 14.5. The Bertz CT molecular complexity index is 1250. The van der Waals surface area contributed by atoms with Crippen LogP contribution in [0, 0.1) is 10.1 Å². The summed E-state index contributed by atoms with van der Waals surface area (Å²) in [5.74, 6) is -0.686. The van der Waals surface area contributed by atoms with Gasteiger partial charge in [-0.1, -0.05) is 25.5 Å². The van der Waals surface area contributed by atoms with E-state index in [1.54, 1.807) is 30.3 Å². The standard InChI is InChI=1S/C24H21N3O6/c1-2-3-13-26-22(28)18-6-4-5-17-20(12-11-19(21(17)18)23(26)29)25-24(30)33-14-15-7-9-16(10-8-15)27(31)32/h4-12H,2-3,13-14H2,1H3,(H,25,30). The van der Waals surface area contributed by atoms with Crippen LogP contribution >= 0.6 is 0 Å². The van der Waals surface area contributed by atoms with Crippen molar-refractivity contribution in [1.29, 1.82) is 0 Å². The molecule has 1 heterocycles. The van der Waals surface area contributed by atoms with E-state index in [0.717, 1.165) is 12.8 Å². The Kier molecular flexibility index (Phi) is 6.03. The van der Waals surface area contributed by atoms with Gasteiger partial charge in [0.1, 0.15) is 6.61 Å². The first-order chi connectivity index (χ1) is 15.9. The molecule has 4 rings (SSSR count). The summed E-state index contributed by atoms with van der Waals surface area (Å²) in [5.41, 5.74) is 1.79. The highest BCUT2D eigenvalue weighted by Gasteiger charge is 2.32. The molecule has 33 heavy (non-hydrogen) atoms. The van der Waals surface area contributed by atoms with Crippen molar-refractivity contribution in [2.75, 3.05) is 11.9 Å². The number of hydrogen-bond acceptors (Lipinski definition) is 6. The molecule has 1 N–H and O–H groups in total. The van der Waals surface area contributed by atoms with E-state index in [1.807, 2.05) is 6.92 Å². The van der Waals surface area contributed by atoms with Gasteiger partial charge < -0.3 is 4.74 Å². The number of carbonyl (C=O) groups is 3. The molecule has 0 aliphatic carbocycles. The van der Waals surface area contributed by atoms with Crippen molar-refractivity contribution in [2.24, 2.45) is 0 Å². The summed E-state index contributed by atoms with van der Waals surface area (Å²) >= 11 is 0.